The van der Waals surface area contributed by atoms with Crippen LogP contribution in [0, 0.1) is 45.8 Å². The lowest BCUT2D eigenvalue weighted by Crippen LogP contribution is -2.61. The Labute approximate surface area is 218 Å². The number of hydrogen-bond acceptors (Lipinski definition) is 4. The maximum atomic E-state index is 14.6. The van der Waals surface area contributed by atoms with Crippen molar-refractivity contribution in [1.29, 1.82) is 0 Å². The van der Waals surface area contributed by atoms with Crippen molar-refractivity contribution in [2.45, 2.75) is 90.7 Å². The summed E-state index contributed by atoms with van der Waals surface area (Å²) in [6, 6.07) is 7.05. The number of aliphatic hydroxyl groups excluding tert-OH is 1. The lowest BCUT2D eigenvalue weighted by Gasteiger charge is -2.60. The van der Waals surface area contributed by atoms with Gasteiger partial charge in [0.15, 0.2) is 0 Å². The Bertz CT molecular complexity index is 1040. The van der Waals surface area contributed by atoms with E-state index in [9.17, 15) is 23.1 Å². The third kappa shape index (κ3) is 3.65. The smallest absolute Gasteiger partial charge is 0.432 e. The van der Waals surface area contributed by atoms with E-state index < -0.39 is 35.4 Å². The summed E-state index contributed by atoms with van der Waals surface area (Å²) < 4.78 is 55.0. The zero-order valence-corrected chi connectivity index (χ0v) is 22.8. The quantitative estimate of drug-likeness (QED) is 0.448. The molecule has 0 aliphatic heterocycles. The second kappa shape index (κ2) is 8.45. The van der Waals surface area contributed by atoms with E-state index in [4.69, 9.17) is 9.47 Å². The molecular formula is C30H41F3O4. The van der Waals surface area contributed by atoms with Gasteiger partial charge in [-0.25, -0.2) is 4.79 Å². The molecule has 5 rings (SSSR count). The molecule has 4 fully saturated rings. The van der Waals surface area contributed by atoms with E-state index in [1.165, 1.54) is 24.3 Å². The molecule has 1 aromatic carbocycles. The number of carbonyl (C=O) groups is 1. The average Bonchev–Trinajstić information content (AvgIpc) is 3.37. The highest BCUT2D eigenvalue weighted by atomic mass is 19.4. The molecule has 0 bridgehead atoms. The Morgan fingerprint density at radius 3 is 2.24 bits per heavy atom. The summed E-state index contributed by atoms with van der Waals surface area (Å²) in [5.41, 5.74) is -4.30. The number of benzene rings is 1. The van der Waals surface area contributed by atoms with Crippen LogP contribution in [0.2, 0.25) is 0 Å². The lowest BCUT2D eigenvalue weighted by molar-refractivity contribution is -0.283. The molecule has 4 aliphatic carbocycles. The molecule has 0 spiro atoms. The van der Waals surface area contributed by atoms with Crippen LogP contribution in [0.25, 0.3) is 0 Å². The van der Waals surface area contributed by atoms with Gasteiger partial charge in [-0.1, -0.05) is 65.0 Å². The summed E-state index contributed by atoms with van der Waals surface area (Å²) in [5.74, 6) is 0.405. The van der Waals surface area contributed by atoms with Gasteiger partial charge in [-0.3, -0.25) is 0 Å². The van der Waals surface area contributed by atoms with Crippen LogP contribution in [-0.4, -0.2) is 36.6 Å². The fourth-order valence-corrected chi connectivity index (χ4v) is 9.08. The Balaban J connectivity index is 1.56. The monoisotopic (exact) mass is 522 g/mol. The minimum Gasteiger partial charge on any atom is -0.459 e. The van der Waals surface area contributed by atoms with Crippen molar-refractivity contribution >= 4 is 5.97 Å². The number of ether oxygens (including phenoxy) is 2. The van der Waals surface area contributed by atoms with Crippen molar-refractivity contribution in [3.8, 4) is 0 Å². The number of alkyl halides is 3. The van der Waals surface area contributed by atoms with E-state index in [1.54, 1.807) is 6.07 Å². The number of aliphatic hydroxyl groups is 1. The topological polar surface area (TPSA) is 55.8 Å². The second-order valence-corrected chi connectivity index (χ2v) is 13.5. The van der Waals surface area contributed by atoms with Crippen LogP contribution in [0.3, 0.4) is 0 Å². The normalized spacial score (nSPS) is 44.4. The average molecular weight is 523 g/mol. The van der Waals surface area contributed by atoms with Crippen LogP contribution in [-0.2, 0) is 19.9 Å². The highest BCUT2D eigenvalue weighted by Crippen LogP contribution is 2.76. The number of halogens is 3. The first kappa shape index (κ1) is 27.0. The molecule has 10 atom stereocenters. The third-order valence-electron chi connectivity index (χ3n) is 11.3. The van der Waals surface area contributed by atoms with Crippen molar-refractivity contribution in [2.75, 3.05) is 7.11 Å². The second-order valence-electron chi connectivity index (χ2n) is 13.5. The molecule has 4 aliphatic rings. The number of esters is 1. The van der Waals surface area contributed by atoms with E-state index >= 15 is 0 Å². The third-order valence-corrected chi connectivity index (χ3v) is 11.3. The molecule has 1 aromatic rings. The summed E-state index contributed by atoms with van der Waals surface area (Å²) in [6.07, 6.45) is -2.32. The van der Waals surface area contributed by atoms with E-state index in [0.717, 1.165) is 26.4 Å². The van der Waals surface area contributed by atoms with Gasteiger partial charge < -0.3 is 14.6 Å². The Morgan fingerprint density at radius 2 is 1.68 bits per heavy atom. The van der Waals surface area contributed by atoms with Gasteiger partial charge in [-0.05, 0) is 72.5 Å². The van der Waals surface area contributed by atoms with Gasteiger partial charge in [0.2, 0.25) is 0 Å². The number of hydrogen-bond donors (Lipinski definition) is 1. The van der Waals surface area contributed by atoms with E-state index in [2.05, 4.69) is 34.6 Å². The molecule has 1 N–H and O–H groups in total. The van der Waals surface area contributed by atoms with Crippen molar-refractivity contribution in [3.63, 3.8) is 0 Å². The first-order chi connectivity index (χ1) is 17.2. The molecule has 0 radical (unpaired) electrons. The molecule has 4 nitrogen and oxygen atoms in total. The van der Waals surface area contributed by atoms with Crippen molar-refractivity contribution in [3.05, 3.63) is 35.9 Å². The maximum Gasteiger partial charge on any atom is 0.432 e. The van der Waals surface area contributed by atoms with Crippen molar-refractivity contribution in [1.82, 2.24) is 0 Å². The van der Waals surface area contributed by atoms with Crippen LogP contribution in [0.15, 0.2) is 30.3 Å². The Kier molecular flexibility index (Phi) is 6.16. The summed E-state index contributed by atoms with van der Waals surface area (Å²) in [4.78, 5) is 13.7. The fourth-order valence-electron chi connectivity index (χ4n) is 9.08. The Hall–Kier alpha value is -1.60. The van der Waals surface area contributed by atoms with Crippen LogP contribution in [0.1, 0.15) is 72.3 Å². The summed E-state index contributed by atoms with van der Waals surface area (Å²) >= 11 is 0. The van der Waals surface area contributed by atoms with E-state index in [-0.39, 0.29) is 22.3 Å². The number of rotatable bonds is 5. The number of carbonyl (C=O) groups excluding carboxylic acids is 1. The minimum atomic E-state index is -5.01. The highest BCUT2D eigenvalue weighted by molar-refractivity contribution is 5.83. The molecule has 0 saturated heterocycles. The van der Waals surface area contributed by atoms with Gasteiger partial charge >= 0.3 is 12.1 Å². The molecule has 0 unspecified atom stereocenters. The number of fused-ring (bicyclic) bond motifs is 5. The molecule has 206 valence electrons. The maximum absolute atomic E-state index is 14.6. The van der Waals surface area contributed by atoms with Crippen LogP contribution < -0.4 is 0 Å². The van der Waals surface area contributed by atoms with E-state index in [0.29, 0.717) is 36.5 Å². The standard InChI is InChI=1S/C30H41F3O4/c1-17(2)19-12-13-27(4)22(16-26(3)15-21(34)28(5)14-20(28)24(26)23(19)27)37-25(35)29(36-6,30(31,32)33)18-10-8-7-9-11-18/h7-11,17,19-24,34H,12-16H2,1-6H3/t19-,20-,21+,22-,23+,24+,26+,27+,28-,29+/m0/s1. The predicted molar refractivity (Wildman–Crippen MR) is 133 cm³/mol. The zero-order chi connectivity index (χ0) is 27.2. The molecule has 37 heavy (non-hydrogen) atoms. The van der Waals surface area contributed by atoms with Crippen molar-refractivity contribution in [2.24, 2.45) is 45.8 Å². The summed E-state index contributed by atoms with van der Waals surface area (Å²) in [7, 11) is 0.917. The van der Waals surface area contributed by atoms with Gasteiger partial charge in [0.1, 0.15) is 6.10 Å². The SMILES string of the molecule is CO[C@@](C(=O)O[C@H]1C[C@@]2(C)C[C@@H](O)[C@@]3(C)C[C@H]3[C@@H]2[C@H]2[C@H](C(C)C)CC[C@@]21C)(c1ccccc1)C(F)(F)F. The molecule has 0 heterocycles. The molecule has 0 amide bonds. The van der Waals surface area contributed by atoms with Crippen LogP contribution in [0.4, 0.5) is 13.2 Å². The van der Waals surface area contributed by atoms with Gasteiger partial charge in [0, 0.05) is 18.1 Å². The van der Waals surface area contributed by atoms with Crippen LogP contribution in [0.5, 0.6) is 0 Å². The molecule has 4 saturated carbocycles. The predicted octanol–water partition coefficient (Wildman–Crippen LogP) is 6.51. The summed E-state index contributed by atoms with van der Waals surface area (Å²) in [6.45, 7) is 10.9. The van der Waals surface area contributed by atoms with Crippen molar-refractivity contribution < 1.29 is 32.5 Å². The lowest BCUT2D eigenvalue weighted by atomic mass is 9.46. The largest absolute Gasteiger partial charge is 0.459 e. The van der Waals surface area contributed by atoms with E-state index in [1.807, 2.05) is 0 Å². The Morgan fingerprint density at radius 1 is 1.03 bits per heavy atom. The molecule has 0 aromatic heterocycles. The highest BCUT2D eigenvalue weighted by Gasteiger charge is 2.74. The zero-order valence-electron chi connectivity index (χ0n) is 22.8. The minimum absolute atomic E-state index is 0.0759. The molecular weight excluding hydrogens is 481 g/mol. The van der Waals surface area contributed by atoms with Gasteiger partial charge in [0.05, 0.1) is 6.10 Å². The van der Waals surface area contributed by atoms with Gasteiger partial charge in [0.25, 0.3) is 5.60 Å². The first-order valence-corrected chi connectivity index (χ1v) is 13.7. The fraction of sp³-hybridized carbons (Fsp3) is 0.767. The van der Waals surface area contributed by atoms with Crippen LogP contribution >= 0.6 is 0 Å². The van der Waals surface area contributed by atoms with Gasteiger partial charge in [-0.15, -0.1) is 0 Å². The number of methoxy groups -OCH3 is 1. The summed E-state index contributed by atoms with van der Waals surface area (Å²) in [5, 5.41) is 11.1. The first-order valence-electron chi connectivity index (χ1n) is 13.7. The van der Waals surface area contributed by atoms with Gasteiger partial charge in [-0.2, -0.15) is 13.2 Å². The molecule has 7 heteroatoms.